The smallest absolute Gasteiger partial charge is 0.189 e. The summed E-state index contributed by atoms with van der Waals surface area (Å²) in [5, 5.41) is 3.07. The van der Waals surface area contributed by atoms with Gasteiger partial charge in [-0.05, 0) is 24.6 Å². The van der Waals surface area contributed by atoms with Crippen LogP contribution in [0.3, 0.4) is 0 Å². The Morgan fingerprint density at radius 3 is 2.82 bits per heavy atom. The number of nitrogens with two attached hydrogens (primary N) is 1. The SMILES string of the molecule is COCCCOc1cccc(CN=C(N)NC(C)COC)c1. The molecule has 1 atom stereocenters. The minimum absolute atomic E-state index is 0.129. The Balaban J connectivity index is 2.44. The second kappa shape index (κ2) is 10.9. The largest absolute Gasteiger partial charge is 0.493 e. The molecule has 0 aromatic heterocycles. The summed E-state index contributed by atoms with van der Waals surface area (Å²) in [7, 11) is 3.34. The fourth-order valence-corrected chi connectivity index (χ4v) is 1.89. The molecule has 0 fully saturated rings. The topological polar surface area (TPSA) is 78.1 Å². The molecule has 1 aromatic rings. The van der Waals surface area contributed by atoms with Crippen molar-refractivity contribution in [3.8, 4) is 5.75 Å². The monoisotopic (exact) mass is 309 g/mol. The fourth-order valence-electron chi connectivity index (χ4n) is 1.89. The molecule has 0 amide bonds. The second-order valence-corrected chi connectivity index (χ2v) is 5.04. The van der Waals surface area contributed by atoms with Gasteiger partial charge in [-0.2, -0.15) is 0 Å². The normalized spacial score (nSPS) is 13.0. The molecule has 124 valence electrons. The number of nitrogens with one attached hydrogen (secondary N) is 1. The summed E-state index contributed by atoms with van der Waals surface area (Å²) in [5.41, 5.74) is 6.89. The lowest BCUT2D eigenvalue weighted by Crippen LogP contribution is -2.40. The molecule has 0 aliphatic heterocycles. The maximum atomic E-state index is 5.84. The molecular weight excluding hydrogens is 282 g/mol. The lowest BCUT2D eigenvalue weighted by Gasteiger charge is -2.13. The van der Waals surface area contributed by atoms with Crippen LogP contribution in [0, 0.1) is 0 Å². The Labute approximate surface area is 132 Å². The van der Waals surface area contributed by atoms with Gasteiger partial charge in [0.1, 0.15) is 5.75 Å². The summed E-state index contributed by atoms with van der Waals surface area (Å²) >= 11 is 0. The van der Waals surface area contributed by atoms with Gasteiger partial charge >= 0.3 is 0 Å². The van der Waals surface area contributed by atoms with Crippen LogP contribution in [0.4, 0.5) is 0 Å². The first-order chi connectivity index (χ1) is 10.7. The molecule has 22 heavy (non-hydrogen) atoms. The van der Waals surface area contributed by atoms with Gasteiger partial charge in [0, 0.05) is 33.3 Å². The Morgan fingerprint density at radius 2 is 2.09 bits per heavy atom. The summed E-state index contributed by atoms with van der Waals surface area (Å²) in [5.74, 6) is 1.25. The van der Waals surface area contributed by atoms with Crippen molar-refractivity contribution in [3.05, 3.63) is 29.8 Å². The molecular formula is C16H27N3O3. The molecule has 6 nitrogen and oxygen atoms in total. The van der Waals surface area contributed by atoms with Crippen LogP contribution in [0.1, 0.15) is 18.9 Å². The van der Waals surface area contributed by atoms with Gasteiger partial charge in [0.25, 0.3) is 0 Å². The maximum absolute atomic E-state index is 5.84. The van der Waals surface area contributed by atoms with Crippen LogP contribution >= 0.6 is 0 Å². The first-order valence-electron chi connectivity index (χ1n) is 7.41. The molecule has 0 radical (unpaired) electrons. The quantitative estimate of drug-likeness (QED) is 0.389. The third kappa shape index (κ3) is 7.85. The number of hydrogen-bond donors (Lipinski definition) is 2. The van der Waals surface area contributed by atoms with E-state index in [2.05, 4.69) is 10.3 Å². The van der Waals surface area contributed by atoms with E-state index >= 15 is 0 Å². The average Bonchev–Trinajstić information content (AvgIpc) is 2.50. The number of methoxy groups -OCH3 is 2. The van der Waals surface area contributed by atoms with Gasteiger partial charge in [0.2, 0.25) is 0 Å². The molecule has 0 aliphatic carbocycles. The summed E-state index contributed by atoms with van der Waals surface area (Å²) in [4.78, 5) is 4.32. The second-order valence-electron chi connectivity index (χ2n) is 5.04. The van der Waals surface area contributed by atoms with E-state index in [4.69, 9.17) is 19.9 Å². The van der Waals surface area contributed by atoms with Crippen molar-refractivity contribution in [2.45, 2.75) is 25.9 Å². The van der Waals surface area contributed by atoms with Crippen LogP contribution in [-0.2, 0) is 16.0 Å². The summed E-state index contributed by atoms with van der Waals surface area (Å²) in [6.45, 7) is 4.42. The van der Waals surface area contributed by atoms with Crippen molar-refractivity contribution in [2.24, 2.45) is 10.7 Å². The third-order valence-corrected chi connectivity index (χ3v) is 2.90. The van der Waals surface area contributed by atoms with Crippen molar-refractivity contribution in [1.82, 2.24) is 5.32 Å². The highest BCUT2D eigenvalue weighted by molar-refractivity contribution is 5.78. The van der Waals surface area contributed by atoms with Crippen molar-refractivity contribution >= 4 is 5.96 Å². The fraction of sp³-hybridized carbons (Fsp3) is 0.562. The standard InChI is InChI=1S/C16H27N3O3/c1-13(12-21-3)19-16(17)18-11-14-6-4-7-15(10-14)22-9-5-8-20-2/h4,6-7,10,13H,5,8-9,11-12H2,1-3H3,(H3,17,18,19). The van der Waals surface area contributed by atoms with E-state index in [1.54, 1.807) is 14.2 Å². The van der Waals surface area contributed by atoms with Gasteiger partial charge in [-0.3, -0.25) is 0 Å². The Bertz CT molecular complexity index is 452. The van der Waals surface area contributed by atoms with E-state index < -0.39 is 0 Å². The molecule has 1 rings (SSSR count). The lowest BCUT2D eigenvalue weighted by atomic mass is 10.2. The van der Waals surface area contributed by atoms with Crippen molar-refractivity contribution < 1.29 is 14.2 Å². The van der Waals surface area contributed by atoms with Crippen LogP contribution in [0.5, 0.6) is 5.75 Å². The minimum atomic E-state index is 0.129. The van der Waals surface area contributed by atoms with Crippen LogP contribution in [0.2, 0.25) is 0 Å². The number of ether oxygens (including phenoxy) is 3. The van der Waals surface area contributed by atoms with Crippen molar-refractivity contribution in [3.63, 3.8) is 0 Å². The van der Waals surface area contributed by atoms with Gasteiger partial charge in [-0.15, -0.1) is 0 Å². The molecule has 0 aliphatic rings. The van der Waals surface area contributed by atoms with Crippen molar-refractivity contribution in [1.29, 1.82) is 0 Å². The predicted octanol–water partition coefficient (Wildman–Crippen LogP) is 1.54. The van der Waals surface area contributed by atoms with Crippen LogP contribution in [0.15, 0.2) is 29.3 Å². The highest BCUT2D eigenvalue weighted by Crippen LogP contribution is 2.14. The molecule has 0 saturated heterocycles. The number of guanidine groups is 1. The van der Waals surface area contributed by atoms with Gasteiger partial charge in [-0.25, -0.2) is 4.99 Å². The molecule has 0 spiro atoms. The number of benzene rings is 1. The van der Waals surface area contributed by atoms with Gasteiger partial charge in [0.15, 0.2) is 5.96 Å². The summed E-state index contributed by atoms with van der Waals surface area (Å²) < 4.78 is 15.7. The highest BCUT2D eigenvalue weighted by Gasteiger charge is 2.02. The molecule has 3 N–H and O–H groups in total. The number of nitrogens with zero attached hydrogens (tertiary/aromatic N) is 1. The van der Waals surface area contributed by atoms with E-state index in [0.29, 0.717) is 32.3 Å². The molecule has 0 saturated carbocycles. The zero-order valence-corrected chi connectivity index (χ0v) is 13.7. The minimum Gasteiger partial charge on any atom is -0.493 e. The van der Waals surface area contributed by atoms with Gasteiger partial charge in [-0.1, -0.05) is 12.1 Å². The number of rotatable bonds is 10. The Hall–Kier alpha value is -1.79. The highest BCUT2D eigenvalue weighted by atomic mass is 16.5. The molecule has 0 bridgehead atoms. The van der Waals surface area contributed by atoms with E-state index in [1.165, 1.54) is 0 Å². The van der Waals surface area contributed by atoms with E-state index in [0.717, 1.165) is 17.7 Å². The predicted molar refractivity (Wildman–Crippen MR) is 88.2 cm³/mol. The Kier molecular flexibility index (Phi) is 9.02. The van der Waals surface area contributed by atoms with Crippen molar-refractivity contribution in [2.75, 3.05) is 34.0 Å². The van der Waals surface area contributed by atoms with Gasteiger partial charge in [0.05, 0.1) is 19.8 Å². The average molecular weight is 309 g/mol. The zero-order chi connectivity index (χ0) is 16.2. The first-order valence-corrected chi connectivity index (χ1v) is 7.41. The maximum Gasteiger partial charge on any atom is 0.189 e. The van der Waals surface area contributed by atoms with E-state index in [-0.39, 0.29) is 6.04 Å². The number of hydrogen-bond acceptors (Lipinski definition) is 4. The first kappa shape index (κ1) is 18.3. The molecule has 1 unspecified atom stereocenters. The Morgan fingerprint density at radius 1 is 1.27 bits per heavy atom. The molecule has 1 aromatic carbocycles. The lowest BCUT2D eigenvalue weighted by molar-refractivity contribution is 0.172. The summed E-state index contributed by atoms with van der Waals surface area (Å²) in [6.07, 6.45) is 0.868. The van der Waals surface area contributed by atoms with Crippen LogP contribution < -0.4 is 15.8 Å². The summed E-state index contributed by atoms with van der Waals surface area (Å²) in [6, 6.07) is 7.99. The molecule has 6 heteroatoms. The van der Waals surface area contributed by atoms with Gasteiger partial charge < -0.3 is 25.3 Å². The zero-order valence-electron chi connectivity index (χ0n) is 13.7. The van der Waals surface area contributed by atoms with Crippen LogP contribution in [-0.4, -0.2) is 46.0 Å². The molecule has 0 heterocycles. The van der Waals surface area contributed by atoms with E-state index in [1.807, 2.05) is 31.2 Å². The number of aliphatic imine (C=N–C) groups is 1. The van der Waals surface area contributed by atoms with Crippen LogP contribution in [0.25, 0.3) is 0 Å². The third-order valence-electron chi connectivity index (χ3n) is 2.90. The van der Waals surface area contributed by atoms with E-state index in [9.17, 15) is 0 Å².